The third-order valence-corrected chi connectivity index (χ3v) is 8.56. The SMILES string of the molecule is CC(C)(CCn1ccc2cc(C(=O)NCc3cc(=O)[nH][nH]3)nnc21)NC[C@H](O)c1cccc(NS(=O)(=O)c2ccccc2)c1. The van der Waals surface area contributed by atoms with Crippen molar-refractivity contribution in [1.82, 2.24) is 35.6 Å². The van der Waals surface area contributed by atoms with E-state index in [-0.39, 0.29) is 34.8 Å². The van der Waals surface area contributed by atoms with Crippen LogP contribution in [0.2, 0.25) is 0 Å². The number of aliphatic hydroxyl groups excluding tert-OH is 1. The second-order valence-corrected chi connectivity index (χ2v) is 12.7. The number of carbonyl (C=O) groups is 1. The van der Waals surface area contributed by atoms with Crippen molar-refractivity contribution in [3.8, 4) is 0 Å². The first-order valence-corrected chi connectivity index (χ1v) is 15.5. The van der Waals surface area contributed by atoms with Crippen LogP contribution in [0, 0.1) is 0 Å². The monoisotopic (exact) mass is 618 g/mol. The predicted molar refractivity (Wildman–Crippen MR) is 165 cm³/mol. The highest BCUT2D eigenvalue weighted by Crippen LogP contribution is 2.22. The number of carbonyl (C=O) groups excluding carboxylic acids is 1. The Morgan fingerprint density at radius 3 is 2.57 bits per heavy atom. The lowest BCUT2D eigenvalue weighted by Gasteiger charge is -2.28. The Morgan fingerprint density at radius 2 is 1.82 bits per heavy atom. The van der Waals surface area contributed by atoms with Gasteiger partial charge in [0.25, 0.3) is 21.5 Å². The van der Waals surface area contributed by atoms with Crippen LogP contribution < -0.4 is 20.9 Å². The van der Waals surface area contributed by atoms with Crippen molar-refractivity contribution in [3.05, 3.63) is 106 Å². The molecule has 6 N–H and O–H groups in total. The van der Waals surface area contributed by atoms with Gasteiger partial charge in [0.05, 0.1) is 23.2 Å². The van der Waals surface area contributed by atoms with Gasteiger partial charge >= 0.3 is 0 Å². The number of hydrogen-bond donors (Lipinski definition) is 6. The third kappa shape index (κ3) is 7.58. The standard InChI is InChI=1S/C30H34N8O5S/c1-30(2,32-19-26(39)20-7-6-8-22(15-20)37-44(42,43)24-9-4-3-5-10-24)12-14-38-13-11-21-16-25(34-36-28(21)38)29(41)31-18-23-17-27(40)35-33-23/h3-11,13,15-17,26,32,37,39H,12,14,18-19H2,1-2H3,(H,31,41)(H2,33,35,40)/t26-/m0/s1. The van der Waals surface area contributed by atoms with Crippen LogP contribution in [0.25, 0.3) is 11.0 Å². The van der Waals surface area contributed by atoms with E-state index in [1.807, 2.05) is 30.7 Å². The van der Waals surface area contributed by atoms with Crippen molar-refractivity contribution in [3.63, 3.8) is 0 Å². The first-order chi connectivity index (χ1) is 21.0. The van der Waals surface area contributed by atoms with Crippen molar-refractivity contribution in [1.29, 1.82) is 0 Å². The predicted octanol–water partition coefficient (Wildman–Crippen LogP) is 2.67. The molecule has 5 aromatic rings. The molecule has 2 aromatic carbocycles. The van der Waals surface area contributed by atoms with Crippen LogP contribution in [0.5, 0.6) is 0 Å². The highest BCUT2D eigenvalue weighted by atomic mass is 32.2. The van der Waals surface area contributed by atoms with Crippen LogP contribution in [0.3, 0.4) is 0 Å². The molecule has 1 amide bonds. The van der Waals surface area contributed by atoms with Crippen LogP contribution in [0.4, 0.5) is 5.69 Å². The van der Waals surface area contributed by atoms with Crippen molar-refractivity contribution in [2.24, 2.45) is 0 Å². The zero-order valence-corrected chi connectivity index (χ0v) is 25.1. The summed E-state index contributed by atoms with van der Waals surface area (Å²) >= 11 is 0. The summed E-state index contributed by atoms with van der Waals surface area (Å²) in [7, 11) is -3.75. The topological polar surface area (TPSA) is 187 Å². The molecule has 1 atom stereocenters. The first kappa shape index (κ1) is 30.7. The fourth-order valence-electron chi connectivity index (χ4n) is 4.61. The Labute approximate surface area is 253 Å². The molecule has 0 saturated carbocycles. The highest BCUT2D eigenvalue weighted by molar-refractivity contribution is 7.92. The molecule has 0 fully saturated rings. The molecule has 0 aliphatic rings. The van der Waals surface area contributed by atoms with E-state index in [0.29, 0.717) is 35.6 Å². The number of anilines is 1. The molecule has 0 aliphatic heterocycles. The number of aromatic nitrogens is 5. The fraction of sp³-hybridized carbons (Fsp3) is 0.267. The lowest BCUT2D eigenvalue weighted by Crippen LogP contribution is -2.42. The van der Waals surface area contributed by atoms with E-state index in [1.165, 1.54) is 18.2 Å². The number of nitrogens with one attached hydrogen (secondary N) is 5. The number of H-pyrrole nitrogens is 2. The number of rotatable bonds is 13. The highest BCUT2D eigenvalue weighted by Gasteiger charge is 2.21. The largest absolute Gasteiger partial charge is 0.387 e. The molecule has 13 nitrogen and oxygen atoms in total. The van der Waals surface area contributed by atoms with Gasteiger partial charge in [-0.25, -0.2) is 8.42 Å². The molecule has 0 aliphatic carbocycles. The van der Waals surface area contributed by atoms with Gasteiger partial charge in [-0.2, -0.15) is 0 Å². The molecular formula is C30H34N8O5S. The second-order valence-electron chi connectivity index (χ2n) is 11.1. The molecule has 5 rings (SSSR count). The normalized spacial score (nSPS) is 12.7. The maximum Gasteiger partial charge on any atom is 0.272 e. The smallest absolute Gasteiger partial charge is 0.272 e. The average Bonchev–Trinajstić information content (AvgIpc) is 3.63. The van der Waals surface area contributed by atoms with E-state index < -0.39 is 22.0 Å². The zero-order valence-electron chi connectivity index (χ0n) is 24.2. The quantitative estimate of drug-likeness (QED) is 0.116. The van der Waals surface area contributed by atoms with E-state index in [1.54, 1.807) is 48.5 Å². The van der Waals surface area contributed by atoms with E-state index in [4.69, 9.17) is 0 Å². The van der Waals surface area contributed by atoms with Gasteiger partial charge in [-0.1, -0.05) is 30.3 Å². The molecule has 0 saturated heterocycles. The van der Waals surface area contributed by atoms with Gasteiger partial charge in [0.1, 0.15) is 0 Å². The minimum absolute atomic E-state index is 0.146. The summed E-state index contributed by atoms with van der Waals surface area (Å²) in [6.07, 6.45) is 1.72. The molecule has 0 bridgehead atoms. The molecule has 0 unspecified atom stereocenters. The van der Waals surface area contributed by atoms with Gasteiger partial charge < -0.3 is 25.4 Å². The number of aliphatic hydroxyl groups is 1. The van der Waals surface area contributed by atoms with E-state index in [2.05, 4.69) is 35.8 Å². The van der Waals surface area contributed by atoms with Gasteiger partial charge in [0, 0.05) is 42.0 Å². The van der Waals surface area contributed by atoms with Crippen LogP contribution in [-0.4, -0.2) is 56.5 Å². The molecule has 3 heterocycles. The summed E-state index contributed by atoms with van der Waals surface area (Å²) in [6, 6.07) is 19.7. The number of aryl methyl sites for hydroxylation is 1. The number of fused-ring (bicyclic) bond motifs is 1. The van der Waals surface area contributed by atoms with Gasteiger partial charge in [-0.15, -0.1) is 10.2 Å². The second kappa shape index (κ2) is 12.8. The number of β-amino-alcohol motifs (C(OH)–C–C–N with tert-alkyl or cyclic N) is 1. The Balaban J connectivity index is 1.14. The average molecular weight is 619 g/mol. The molecule has 14 heteroatoms. The Kier molecular flexibility index (Phi) is 8.94. The third-order valence-electron chi connectivity index (χ3n) is 7.16. The Hall–Kier alpha value is -4.79. The fourth-order valence-corrected chi connectivity index (χ4v) is 5.68. The minimum Gasteiger partial charge on any atom is -0.387 e. The number of aromatic amines is 2. The van der Waals surface area contributed by atoms with Gasteiger partial charge in [0.2, 0.25) is 0 Å². The van der Waals surface area contributed by atoms with Crippen LogP contribution in [0.15, 0.2) is 88.7 Å². The van der Waals surface area contributed by atoms with Crippen molar-refractivity contribution in [2.45, 2.75) is 49.9 Å². The zero-order chi connectivity index (χ0) is 31.3. The van der Waals surface area contributed by atoms with Crippen LogP contribution in [-0.2, 0) is 23.1 Å². The van der Waals surface area contributed by atoms with Crippen LogP contribution >= 0.6 is 0 Å². The van der Waals surface area contributed by atoms with E-state index >= 15 is 0 Å². The van der Waals surface area contributed by atoms with Gasteiger partial charge in [-0.05, 0) is 62.2 Å². The summed E-state index contributed by atoms with van der Waals surface area (Å²) in [5.41, 5.74) is 1.66. The van der Waals surface area contributed by atoms with Gasteiger partial charge in [0.15, 0.2) is 11.3 Å². The summed E-state index contributed by atoms with van der Waals surface area (Å²) in [5, 5.41) is 31.2. The lowest BCUT2D eigenvalue weighted by atomic mass is 9.99. The maximum atomic E-state index is 12.7. The summed E-state index contributed by atoms with van der Waals surface area (Å²) in [6.45, 7) is 5.07. The number of amides is 1. The van der Waals surface area contributed by atoms with E-state index in [9.17, 15) is 23.1 Å². The number of hydrogen-bond acceptors (Lipinski definition) is 8. The molecule has 0 radical (unpaired) electrons. The Bertz CT molecular complexity index is 1910. The van der Waals surface area contributed by atoms with Crippen molar-refractivity contribution < 1.29 is 18.3 Å². The van der Waals surface area contributed by atoms with E-state index in [0.717, 1.165) is 5.39 Å². The minimum atomic E-state index is -3.75. The molecule has 0 spiro atoms. The number of sulfonamides is 1. The summed E-state index contributed by atoms with van der Waals surface area (Å²) in [4.78, 5) is 23.9. The molecule has 44 heavy (non-hydrogen) atoms. The number of nitrogens with zero attached hydrogens (tertiary/aromatic N) is 3. The maximum absolute atomic E-state index is 12.7. The lowest BCUT2D eigenvalue weighted by molar-refractivity contribution is 0.0944. The summed E-state index contributed by atoms with van der Waals surface area (Å²) in [5.74, 6) is -0.405. The van der Waals surface area contributed by atoms with Crippen LogP contribution in [0.1, 0.15) is 48.1 Å². The van der Waals surface area contributed by atoms with Crippen molar-refractivity contribution >= 4 is 32.7 Å². The van der Waals surface area contributed by atoms with Gasteiger partial charge in [-0.3, -0.25) is 19.4 Å². The van der Waals surface area contributed by atoms with Crippen molar-refractivity contribution in [2.75, 3.05) is 11.3 Å². The molecule has 3 aromatic heterocycles. The summed E-state index contributed by atoms with van der Waals surface area (Å²) < 4.78 is 29.9. The Morgan fingerprint density at radius 1 is 1.02 bits per heavy atom. The molecule has 230 valence electrons. The number of benzene rings is 2. The molecular weight excluding hydrogens is 584 g/mol. The first-order valence-electron chi connectivity index (χ1n) is 14.0.